The lowest BCUT2D eigenvalue weighted by Crippen LogP contribution is -2.43. The minimum Gasteiger partial charge on any atom is -0.486 e. The van der Waals surface area contributed by atoms with E-state index in [2.05, 4.69) is 0 Å². The lowest BCUT2D eigenvalue weighted by Gasteiger charge is -2.21. The molecule has 2 rings (SSSR count). The van der Waals surface area contributed by atoms with Gasteiger partial charge in [-0.1, -0.05) is 30.3 Å². The molecule has 0 fully saturated rings. The number of carbonyl (C=O) groups excluding carboxylic acids is 2. The molecule has 0 aliphatic heterocycles. The topological polar surface area (TPSA) is 72.6 Å². The minimum absolute atomic E-state index is 0.0378. The predicted octanol–water partition coefficient (Wildman–Crippen LogP) is 2.19. The molecule has 0 radical (unpaired) electrons. The molecule has 1 amide bonds. The summed E-state index contributed by atoms with van der Waals surface area (Å²) in [6, 6.07) is 16.1. The monoisotopic (exact) mass is 326 g/mol. The Hall–Kier alpha value is -2.66. The van der Waals surface area contributed by atoms with Crippen LogP contribution in [0.15, 0.2) is 54.6 Å². The molecular formula is C19H22N2O3. The van der Waals surface area contributed by atoms with Gasteiger partial charge >= 0.3 is 0 Å². The molecule has 0 saturated carbocycles. The number of nitrogens with zero attached hydrogens (tertiary/aromatic N) is 1. The van der Waals surface area contributed by atoms with E-state index in [4.69, 9.17) is 10.5 Å². The molecule has 0 aliphatic carbocycles. The van der Waals surface area contributed by atoms with Gasteiger partial charge in [-0.05, 0) is 43.2 Å². The van der Waals surface area contributed by atoms with Crippen LogP contribution in [0.1, 0.15) is 12.5 Å². The molecule has 126 valence electrons. The Morgan fingerprint density at radius 1 is 1.08 bits per heavy atom. The molecule has 0 aromatic heterocycles. The van der Waals surface area contributed by atoms with Gasteiger partial charge in [0.2, 0.25) is 5.91 Å². The van der Waals surface area contributed by atoms with Gasteiger partial charge in [0.25, 0.3) is 0 Å². The molecule has 1 atom stereocenters. The van der Waals surface area contributed by atoms with Crippen LogP contribution in [0.4, 0.5) is 5.69 Å². The standard InChI is InChI=1S/C19H22N2O3/c1-14(22)13-24-17-10-8-16(9-11-17)21(2)19(23)18(20)12-15-6-4-3-5-7-15/h3-11,18H,12-13,20H2,1-2H3/t18-/m0/s1. The highest BCUT2D eigenvalue weighted by Gasteiger charge is 2.19. The number of likely N-dealkylation sites (N-methyl/N-ethyl adjacent to an activating group) is 1. The SMILES string of the molecule is CC(=O)COc1ccc(N(C)C(=O)[C@@H](N)Cc2ccccc2)cc1. The van der Waals surface area contributed by atoms with E-state index in [1.54, 1.807) is 31.3 Å². The van der Waals surface area contributed by atoms with Gasteiger partial charge in [0, 0.05) is 12.7 Å². The van der Waals surface area contributed by atoms with Crippen molar-refractivity contribution >= 4 is 17.4 Å². The van der Waals surface area contributed by atoms with Gasteiger partial charge in [-0.3, -0.25) is 9.59 Å². The van der Waals surface area contributed by atoms with E-state index in [0.717, 1.165) is 11.3 Å². The van der Waals surface area contributed by atoms with Crippen LogP contribution in [-0.4, -0.2) is 31.4 Å². The first-order valence-corrected chi connectivity index (χ1v) is 7.76. The highest BCUT2D eigenvalue weighted by molar-refractivity contribution is 5.96. The van der Waals surface area contributed by atoms with Crippen molar-refractivity contribution in [1.82, 2.24) is 0 Å². The maximum atomic E-state index is 12.5. The summed E-state index contributed by atoms with van der Waals surface area (Å²) < 4.78 is 5.31. The summed E-state index contributed by atoms with van der Waals surface area (Å²) in [6.07, 6.45) is 0.490. The molecule has 5 nitrogen and oxygen atoms in total. The molecule has 2 aromatic rings. The number of amides is 1. The molecule has 24 heavy (non-hydrogen) atoms. The first-order valence-electron chi connectivity index (χ1n) is 7.76. The molecule has 0 spiro atoms. The Kier molecular flexibility index (Phi) is 6.09. The third-order valence-electron chi connectivity index (χ3n) is 3.61. The van der Waals surface area contributed by atoms with E-state index in [9.17, 15) is 9.59 Å². The Balaban J connectivity index is 1.98. The fourth-order valence-corrected chi connectivity index (χ4v) is 2.28. The van der Waals surface area contributed by atoms with Gasteiger partial charge in [-0.15, -0.1) is 0 Å². The second-order valence-corrected chi connectivity index (χ2v) is 5.68. The normalized spacial score (nSPS) is 11.6. The third kappa shape index (κ3) is 4.93. The van der Waals surface area contributed by atoms with Gasteiger partial charge in [0.15, 0.2) is 5.78 Å². The summed E-state index contributed by atoms with van der Waals surface area (Å²) in [5, 5.41) is 0. The number of ketones is 1. The summed E-state index contributed by atoms with van der Waals surface area (Å²) >= 11 is 0. The summed E-state index contributed by atoms with van der Waals surface area (Å²) in [7, 11) is 1.69. The van der Waals surface area contributed by atoms with E-state index < -0.39 is 6.04 Å². The van der Waals surface area contributed by atoms with Crippen LogP contribution in [0.5, 0.6) is 5.75 Å². The number of nitrogens with two attached hydrogens (primary N) is 1. The summed E-state index contributed by atoms with van der Waals surface area (Å²) in [5.41, 5.74) is 7.79. The number of hydrogen-bond acceptors (Lipinski definition) is 4. The van der Waals surface area contributed by atoms with E-state index in [1.165, 1.54) is 11.8 Å². The lowest BCUT2D eigenvalue weighted by atomic mass is 10.1. The summed E-state index contributed by atoms with van der Waals surface area (Å²) in [6.45, 7) is 1.50. The van der Waals surface area contributed by atoms with Gasteiger partial charge in [0.05, 0.1) is 6.04 Å². The molecule has 2 N–H and O–H groups in total. The lowest BCUT2D eigenvalue weighted by molar-refractivity contribution is -0.120. The fraction of sp³-hybridized carbons (Fsp3) is 0.263. The maximum absolute atomic E-state index is 12.5. The predicted molar refractivity (Wildman–Crippen MR) is 94.1 cm³/mol. The fourth-order valence-electron chi connectivity index (χ4n) is 2.28. The minimum atomic E-state index is -0.606. The third-order valence-corrected chi connectivity index (χ3v) is 3.61. The van der Waals surface area contributed by atoms with Crippen LogP contribution >= 0.6 is 0 Å². The Morgan fingerprint density at radius 2 is 1.71 bits per heavy atom. The van der Waals surface area contributed by atoms with Crippen molar-refractivity contribution in [1.29, 1.82) is 0 Å². The van der Waals surface area contributed by atoms with Crippen LogP contribution in [-0.2, 0) is 16.0 Å². The highest BCUT2D eigenvalue weighted by atomic mass is 16.5. The number of ether oxygens (including phenoxy) is 1. The van der Waals surface area contributed by atoms with E-state index >= 15 is 0 Å². The number of rotatable bonds is 7. The van der Waals surface area contributed by atoms with Crippen LogP contribution in [0.25, 0.3) is 0 Å². The Morgan fingerprint density at radius 3 is 2.29 bits per heavy atom. The van der Waals surface area contributed by atoms with Crippen molar-refractivity contribution in [3.8, 4) is 5.75 Å². The molecule has 0 aliphatic rings. The smallest absolute Gasteiger partial charge is 0.243 e. The second kappa shape index (κ2) is 8.26. The average Bonchev–Trinajstić information content (AvgIpc) is 2.60. The number of carbonyl (C=O) groups is 2. The number of benzene rings is 2. The summed E-state index contributed by atoms with van der Waals surface area (Å²) in [4.78, 5) is 24.9. The van der Waals surface area contributed by atoms with Crippen molar-refractivity contribution in [2.45, 2.75) is 19.4 Å². The first-order chi connectivity index (χ1) is 11.5. The second-order valence-electron chi connectivity index (χ2n) is 5.68. The number of Topliss-reactive ketones (excluding diaryl/α,β-unsaturated/α-hetero) is 1. The Labute approximate surface area is 142 Å². The molecular weight excluding hydrogens is 304 g/mol. The van der Waals surface area contributed by atoms with E-state index in [1.807, 2.05) is 30.3 Å². The number of hydrogen-bond donors (Lipinski definition) is 1. The van der Waals surface area contributed by atoms with Crippen LogP contribution in [0.3, 0.4) is 0 Å². The zero-order valence-electron chi connectivity index (χ0n) is 13.9. The van der Waals surface area contributed by atoms with Crippen LogP contribution in [0.2, 0.25) is 0 Å². The quantitative estimate of drug-likeness (QED) is 0.846. The van der Waals surface area contributed by atoms with Gasteiger partial charge < -0.3 is 15.4 Å². The van der Waals surface area contributed by atoms with Crippen molar-refractivity contribution < 1.29 is 14.3 Å². The van der Waals surface area contributed by atoms with Gasteiger partial charge in [-0.2, -0.15) is 0 Å². The van der Waals surface area contributed by atoms with Crippen molar-refractivity contribution in [3.05, 3.63) is 60.2 Å². The molecule has 2 aromatic carbocycles. The molecule has 0 bridgehead atoms. The van der Waals surface area contributed by atoms with Crippen LogP contribution in [0, 0.1) is 0 Å². The van der Waals surface area contributed by atoms with E-state index in [0.29, 0.717) is 12.2 Å². The average molecular weight is 326 g/mol. The van der Waals surface area contributed by atoms with Gasteiger partial charge in [0.1, 0.15) is 12.4 Å². The summed E-state index contributed by atoms with van der Waals surface area (Å²) in [5.74, 6) is 0.387. The molecule has 0 saturated heterocycles. The molecule has 5 heteroatoms. The maximum Gasteiger partial charge on any atom is 0.243 e. The molecule has 0 unspecified atom stereocenters. The zero-order chi connectivity index (χ0) is 17.5. The largest absolute Gasteiger partial charge is 0.486 e. The number of anilines is 1. The van der Waals surface area contributed by atoms with E-state index in [-0.39, 0.29) is 18.3 Å². The van der Waals surface area contributed by atoms with Crippen molar-refractivity contribution in [2.75, 3.05) is 18.6 Å². The molecule has 0 heterocycles. The van der Waals surface area contributed by atoms with Crippen molar-refractivity contribution in [3.63, 3.8) is 0 Å². The van der Waals surface area contributed by atoms with Gasteiger partial charge in [-0.25, -0.2) is 0 Å². The van der Waals surface area contributed by atoms with Crippen LogP contribution < -0.4 is 15.4 Å². The highest BCUT2D eigenvalue weighted by Crippen LogP contribution is 2.19. The van der Waals surface area contributed by atoms with Crippen molar-refractivity contribution in [2.24, 2.45) is 5.73 Å². The zero-order valence-corrected chi connectivity index (χ0v) is 13.9. The first kappa shape index (κ1) is 17.7. The Bertz CT molecular complexity index is 684.